The third kappa shape index (κ3) is 2.64. The first-order chi connectivity index (χ1) is 10.2. The van der Waals surface area contributed by atoms with Crippen LogP contribution >= 0.6 is 11.6 Å². The second kappa shape index (κ2) is 5.84. The highest BCUT2D eigenvalue weighted by atomic mass is 35.5. The summed E-state index contributed by atoms with van der Waals surface area (Å²) in [5, 5.41) is 9.89. The number of aryl methyl sites for hydroxylation is 1. The summed E-state index contributed by atoms with van der Waals surface area (Å²) in [7, 11) is 3.92. The van der Waals surface area contributed by atoms with Gasteiger partial charge in [-0.05, 0) is 31.2 Å². The van der Waals surface area contributed by atoms with E-state index in [0.29, 0.717) is 5.02 Å². The van der Waals surface area contributed by atoms with Gasteiger partial charge in [0.15, 0.2) is 0 Å². The number of pyridine rings is 1. The predicted molar refractivity (Wildman–Crippen MR) is 85.5 cm³/mol. The van der Waals surface area contributed by atoms with Crippen LogP contribution in [0.1, 0.15) is 17.3 Å². The van der Waals surface area contributed by atoms with Gasteiger partial charge in [-0.3, -0.25) is 9.67 Å². The Hall–Kier alpha value is -1.91. The maximum Gasteiger partial charge on any atom is 0.0875 e. The number of fused-ring (bicyclic) bond motifs is 1. The van der Waals surface area contributed by atoms with E-state index in [1.807, 2.05) is 37.0 Å². The van der Waals surface area contributed by atoms with E-state index in [1.54, 1.807) is 12.4 Å². The fourth-order valence-electron chi connectivity index (χ4n) is 2.62. The van der Waals surface area contributed by atoms with E-state index in [-0.39, 0.29) is 6.04 Å². The molecule has 3 rings (SSSR count). The molecule has 2 heterocycles. The molecule has 1 aromatic carbocycles. The highest BCUT2D eigenvalue weighted by molar-refractivity contribution is 6.31. The lowest BCUT2D eigenvalue weighted by Crippen LogP contribution is -2.20. The minimum Gasteiger partial charge on any atom is -0.311 e. The van der Waals surface area contributed by atoms with Crippen LogP contribution in [0.2, 0.25) is 5.02 Å². The molecule has 1 atom stereocenters. The van der Waals surface area contributed by atoms with E-state index in [9.17, 15) is 0 Å². The Kier molecular flexibility index (Phi) is 3.90. The molecule has 1 unspecified atom stereocenters. The molecule has 1 N–H and O–H groups in total. The van der Waals surface area contributed by atoms with Crippen molar-refractivity contribution < 1.29 is 0 Å². The predicted octanol–water partition coefficient (Wildman–Crippen LogP) is 3.12. The van der Waals surface area contributed by atoms with Gasteiger partial charge in [0, 0.05) is 24.8 Å². The number of nitrogens with zero attached hydrogens (tertiary/aromatic N) is 3. The maximum atomic E-state index is 6.22. The van der Waals surface area contributed by atoms with Crippen molar-refractivity contribution >= 4 is 22.5 Å². The largest absolute Gasteiger partial charge is 0.311 e. The lowest BCUT2D eigenvalue weighted by molar-refractivity contribution is 0.566. The molecule has 0 spiro atoms. The van der Waals surface area contributed by atoms with Crippen LogP contribution in [0.3, 0.4) is 0 Å². The zero-order valence-corrected chi connectivity index (χ0v) is 12.8. The van der Waals surface area contributed by atoms with Crippen molar-refractivity contribution in [1.29, 1.82) is 0 Å². The second-order valence-corrected chi connectivity index (χ2v) is 5.45. The standard InChI is InChI=1S/C16H17ClN4/c1-18-14(9-11-7-8-19-10-13(11)17)16-12-5-3-4-6-15(12)21(2)20-16/h3-8,10,14,18H,9H2,1-2H3. The summed E-state index contributed by atoms with van der Waals surface area (Å²) in [5.41, 5.74) is 3.25. The fraction of sp³-hybridized carbons (Fsp3) is 0.250. The zero-order valence-electron chi connectivity index (χ0n) is 12.0. The Morgan fingerprint density at radius 2 is 2.10 bits per heavy atom. The number of hydrogen-bond acceptors (Lipinski definition) is 3. The van der Waals surface area contributed by atoms with Crippen molar-refractivity contribution in [2.24, 2.45) is 7.05 Å². The smallest absolute Gasteiger partial charge is 0.0875 e. The Balaban J connectivity index is 2.01. The Labute approximate surface area is 128 Å². The van der Waals surface area contributed by atoms with Crippen LogP contribution in [-0.4, -0.2) is 21.8 Å². The van der Waals surface area contributed by atoms with Gasteiger partial charge in [0.05, 0.1) is 22.3 Å². The zero-order chi connectivity index (χ0) is 14.8. The van der Waals surface area contributed by atoms with Crippen LogP contribution in [0.5, 0.6) is 0 Å². The second-order valence-electron chi connectivity index (χ2n) is 5.04. The van der Waals surface area contributed by atoms with Gasteiger partial charge >= 0.3 is 0 Å². The van der Waals surface area contributed by atoms with Gasteiger partial charge in [0.1, 0.15) is 0 Å². The molecule has 5 heteroatoms. The third-order valence-corrected chi connectivity index (χ3v) is 4.09. The highest BCUT2D eigenvalue weighted by Crippen LogP contribution is 2.27. The van der Waals surface area contributed by atoms with Crippen LogP contribution in [0.25, 0.3) is 10.9 Å². The summed E-state index contributed by atoms with van der Waals surface area (Å²) < 4.78 is 1.92. The number of likely N-dealkylation sites (N-methyl/N-ethyl adjacent to an activating group) is 1. The molecule has 108 valence electrons. The maximum absolute atomic E-state index is 6.22. The number of halogens is 1. The van der Waals surface area contributed by atoms with Gasteiger partial charge in [-0.2, -0.15) is 5.10 Å². The van der Waals surface area contributed by atoms with Gasteiger partial charge in [-0.15, -0.1) is 0 Å². The molecule has 0 aliphatic carbocycles. The third-order valence-electron chi connectivity index (χ3n) is 3.75. The fourth-order valence-corrected chi connectivity index (χ4v) is 2.82. The van der Waals surface area contributed by atoms with Crippen LogP contribution < -0.4 is 5.32 Å². The molecule has 4 nitrogen and oxygen atoms in total. The summed E-state index contributed by atoms with van der Waals surface area (Å²) in [6, 6.07) is 10.3. The molecule has 0 bridgehead atoms. The lowest BCUT2D eigenvalue weighted by atomic mass is 10.0. The van der Waals surface area contributed by atoms with Gasteiger partial charge in [-0.25, -0.2) is 0 Å². The summed E-state index contributed by atoms with van der Waals surface area (Å²) in [6.45, 7) is 0. The Morgan fingerprint density at radius 1 is 1.29 bits per heavy atom. The molecule has 0 aliphatic heterocycles. The first kappa shape index (κ1) is 14.0. The van der Waals surface area contributed by atoms with E-state index < -0.39 is 0 Å². The molecular weight excluding hydrogens is 284 g/mol. The van der Waals surface area contributed by atoms with E-state index in [1.165, 1.54) is 5.39 Å². The lowest BCUT2D eigenvalue weighted by Gasteiger charge is -2.15. The van der Waals surface area contributed by atoms with Crippen LogP contribution in [0.4, 0.5) is 0 Å². The average molecular weight is 301 g/mol. The number of para-hydroxylation sites is 1. The van der Waals surface area contributed by atoms with E-state index in [0.717, 1.165) is 23.2 Å². The van der Waals surface area contributed by atoms with E-state index >= 15 is 0 Å². The molecule has 0 aliphatic rings. The minimum atomic E-state index is 0.107. The molecular formula is C16H17ClN4. The van der Waals surface area contributed by atoms with E-state index in [4.69, 9.17) is 11.6 Å². The number of rotatable bonds is 4. The van der Waals surface area contributed by atoms with Gasteiger partial charge < -0.3 is 5.32 Å². The van der Waals surface area contributed by atoms with Crippen LogP contribution in [0.15, 0.2) is 42.7 Å². The molecule has 0 amide bonds. The summed E-state index contributed by atoms with van der Waals surface area (Å²) in [6.07, 6.45) is 4.23. The first-order valence-electron chi connectivity index (χ1n) is 6.88. The quantitative estimate of drug-likeness (QED) is 0.805. The summed E-state index contributed by atoms with van der Waals surface area (Å²) >= 11 is 6.22. The van der Waals surface area contributed by atoms with E-state index in [2.05, 4.69) is 27.5 Å². The van der Waals surface area contributed by atoms with Crippen molar-refractivity contribution in [3.05, 3.63) is 59.0 Å². The minimum absolute atomic E-state index is 0.107. The highest BCUT2D eigenvalue weighted by Gasteiger charge is 2.18. The summed E-state index contributed by atoms with van der Waals surface area (Å²) in [4.78, 5) is 4.03. The van der Waals surface area contributed by atoms with Crippen LogP contribution in [0, 0.1) is 0 Å². The first-order valence-corrected chi connectivity index (χ1v) is 7.25. The van der Waals surface area contributed by atoms with Gasteiger partial charge in [-0.1, -0.05) is 29.8 Å². The van der Waals surface area contributed by atoms with Gasteiger partial charge in [0.25, 0.3) is 0 Å². The molecule has 0 radical (unpaired) electrons. The number of hydrogen-bond donors (Lipinski definition) is 1. The molecule has 0 fully saturated rings. The number of aromatic nitrogens is 3. The Bertz CT molecular complexity index is 766. The molecule has 3 aromatic rings. The van der Waals surface area contributed by atoms with Crippen molar-refractivity contribution in [2.45, 2.75) is 12.5 Å². The molecule has 0 saturated carbocycles. The normalized spacial score (nSPS) is 12.7. The Morgan fingerprint density at radius 3 is 2.86 bits per heavy atom. The molecule has 21 heavy (non-hydrogen) atoms. The SMILES string of the molecule is CNC(Cc1ccncc1Cl)c1nn(C)c2ccccc12. The topological polar surface area (TPSA) is 42.7 Å². The van der Waals surface area contributed by atoms with Crippen LogP contribution in [-0.2, 0) is 13.5 Å². The number of nitrogens with one attached hydrogen (secondary N) is 1. The average Bonchev–Trinajstić information content (AvgIpc) is 2.84. The number of benzene rings is 1. The molecule has 2 aromatic heterocycles. The molecule has 0 saturated heterocycles. The summed E-state index contributed by atoms with van der Waals surface area (Å²) in [5.74, 6) is 0. The van der Waals surface area contributed by atoms with Crippen molar-refractivity contribution in [2.75, 3.05) is 7.05 Å². The van der Waals surface area contributed by atoms with Crippen molar-refractivity contribution in [3.63, 3.8) is 0 Å². The van der Waals surface area contributed by atoms with Crippen molar-refractivity contribution in [3.8, 4) is 0 Å². The van der Waals surface area contributed by atoms with Gasteiger partial charge in [0.2, 0.25) is 0 Å². The van der Waals surface area contributed by atoms with Crippen molar-refractivity contribution in [1.82, 2.24) is 20.1 Å². The monoisotopic (exact) mass is 300 g/mol.